The first-order valence-electron chi connectivity index (χ1n) is 5.40. The first-order valence-corrected chi connectivity index (χ1v) is 6.55. The third-order valence-corrected chi connectivity index (χ3v) is 3.75. The highest BCUT2D eigenvalue weighted by Gasteiger charge is 2.18. The monoisotopic (exact) mass is 244 g/mol. The van der Waals surface area contributed by atoms with Crippen molar-refractivity contribution < 1.29 is 0 Å². The minimum absolute atomic E-state index is 0.607. The van der Waals surface area contributed by atoms with Crippen molar-refractivity contribution in [1.29, 1.82) is 0 Å². The van der Waals surface area contributed by atoms with E-state index in [2.05, 4.69) is 15.0 Å². The molecule has 0 amide bonds. The van der Waals surface area contributed by atoms with Crippen LogP contribution in [0.1, 0.15) is 17.0 Å². The van der Waals surface area contributed by atoms with Crippen molar-refractivity contribution in [1.82, 2.24) is 15.0 Å². The van der Waals surface area contributed by atoms with Crippen LogP contribution in [-0.2, 0) is 11.5 Å². The predicted octanol–water partition coefficient (Wildman–Crippen LogP) is 2.18. The third kappa shape index (κ3) is 1.86. The van der Waals surface area contributed by atoms with E-state index >= 15 is 0 Å². The largest absolute Gasteiger partial charge is 0.383 e. The number of rotatable bonds is 1. The Kier molecular flexibility index (Phi) is 2.48. The summed E-state index contributed by atoms with van der Waals surface area (Å²) in [5.41, 5.74) is 10.0. The van der Waals surface area contributed by atoms with E-state index in [1.165, 1.54) is 0 Å². The van der Waals surface area contributed by atoms with Crippen molar-refractivity contribution >= 4 is 17.6 Å². The summed E-state index contributed by atoms with van der Waals surface area (Å²) in [5.74, 6) is 3.13. The van der Waals surface area contributed by atoms with E-state index in [0.29, 0.717) is 11.6 Å². The van der Waals surface area contributed by atoms with Gasteiger partial charge in [-0.3, -0.25) is 4.98 Å². The smallest absolute Gasteiger partial charge is 0.163 e. The molecule has 2 aromatic heterocycles. The summed E-state index contributed by atoms with van der Waals surface area (Å²) in [5, 5.41) is 0. The number of nitrogens with two attached hydrogens (primary N) is 1. The van der Waals surface area contributed by atoms with Crippen molar-refractivity contribution in [2.75, 3.05) is 5.73 Å². The summed E-state index contributed by atoms with van der Waals surface area (Å²) in [7, 11) is 0. The molecule has 4 nitrogen and oxygen atoms in total. The lowest BCUT2D eigenvalue weighted by molar-refractivity contribution is 1.07. The minimum Gasteiger partial charge on any atom is -0.383 e. The predicted molar refractivity (Wildman–Crippen MR) is 69.4 cm³/mol. The van der Waals surface area contributed by atoms with Crippen molar-refractivity contribution in [2.45, 2.75) is 18.4 Å². The fourth-order valence-corrected chi connectivity index (χ4v) is 2.86. The zero-order valence-corrected chi connectivity index (χ0v) is 10.3. The normalized spacial score (nSPS) is 13.7. The Bertz CT molecular complexity index is 565. The van der Waals surface area contributed by atoms with E-state index in [4.69, 9.17) is 5.73 Å². The van der Waals surface area contributed by atoms with Crippen LogP contribution in [0.5, 0.6) is 0 Å². The summed E-state index contributed by atoms with van der Waals surface area (Å²) in [4.78, 5) is 13.2. The van der Waals surface area contributed by atoms with Crippen LogP contribution in [0.4, 0.5) is 5.82 Å². The Morgan fingerprint density at radius 3 is 2.88 bits per heavy atom. The van der Waals surface area contributed by atoms with Gasteiger partial charge in [-0.05, 0) is 19.1 Å². The first-order chi connectivity index (χ1) is 8.24. The van der Waals surface area contributed by atoms with E-state index in [9.17, 15) is 0 Å². The molecule has 0 aromatic carbocycles. The van der Waals surface area contributed by atoms with E-state index in [1.807, 2.05) is 30.8 Å². The second kappa shape index (κ2) is 4.00. The molecule has 1 aliphatic heterocycles. The van der Waals surface area contributed by atoms with Gasteiger partial charge in [0.25, 0.3) is 0 Å². The molecule has 1 aliphatic rings. The van der Waals surface area contributed by atoms with Gasteiger partial charge in [0.15, 0.2) is 5.82 Å². The molecule has 0 saturated carbocycles. The zero-order valence-electron chi connectivity index (χ0n) is 9.47. The molecule has 0 fully saturated rings. The molecule has 0 aliphatic carbocycles. The second-order valence-corrected chi connectivity index (χ2v) is 5.02. The Balaban J connectivity index is 2.10. The molecule has 2 aromatic rings. The summed E-state index contributed by atoms with van der Waals surface area (Å²) in [6, 6.07) is 3.93. The van der Waals surface area contributed by atoms with E-state index in [0.717, 1.165) is 34.0 Å². The standard InChI is InChI=1S/C12H12N4S/c1-7-2-3-8(4-14-7)12-15-10-6-17-5-9(10)11(13)16-12/h2-4H,5-6H2,1H3,(H2,13,15,16). The van der Waals surface area contributed by atoms with Gasteiger partial charge < -0.3 is 5.73 Å². The summed E-state index contributed by atoms with van der Waals surface area (Å²) < 4.78 is 0. The van der Waals surface area contributed by atoms with Gasteiger partial charge in [0.1, 0.15) is 5.82 Å². The second-order valence-electron chi connectivity index (χ2n) is 4.04. The van der Waals surface area contributed by atoms with E-state index in [1.54, 1.807) is 6.20 Å². The van der Waals surface area contributed by atoms with Crippen molar-refractivity contribution in [3.8, 4) is 11.4 Å². The average Bonchev–Trinajstić information content (AvgIpc) is 2.78. The number of aromatic nitrogens is 3. The lowest BCUT2D eigenvalue weighted by Gasteiger charge is -2.06. The number of thioether (sulfide) groups is 1. The molecule has 3 rings (SSSR count). The van der Waals surface area contributed by atoms with Gasteiger partial charge in [-0.15, -0.1) is 0 Å². The number of nitrogen functional groups attached to an aromatic ring is 1. The number of nitrogens with zero attached hydrogens (tertiary/aromatic N) is 3. The van der Waals surface area contributed by atoms with Crippen LogP contribution < -0.4 is 5.73 Å². The Morgan fingerprint density at radius 2 is 2.12 bits per heavy atom. The number of pyridine rings is 1. The molecule has 3 heterocycles. The fraction of sp³-hybridized carbons (Fsp3) is 0.250. The number of aryl methyl sites for hydroxylation is 1. The zero-order chi connectivity index (χ0) is 11.8. The summed E-state index contributed by atoms with van der Waals surface area (Å²) in [6.45, 7) is 1.96. The number of anilines is 1. The molecule has 0 saturated heterocycles. The van der Waals surface area contributed by atoms with Gasteiger partial charge in [0.2, 0.25) is 0 Å². The molecule has 5 heteroatoms. The van der Waals surface area contributed by atoms with Crippen LogP contribution in [0, 0.1) is 6.92 Å². The topological polar surface area (TPSA) is 64.7 Å². The molecule has 0 spiro atoms. The fourth-order valence-electron chi connectivity index (χ4n) is 1.81. The minimum atomic E-state index is 0.607. The molecule has 0 radical (unpaired) electrons. The van der Waals surface area contributed by atoms with Gasteiger partial charge in [-0.25, -0.2) is 9.97 Å². The third-order valence-electron chi connectivity index (χ3n) is 2.78. The SMILES string of the molecule is Cc1ccc(-c2nc(N)c3c(n2)CSC3)cn1. The lowest BCUT2D eigenvalue weighted by atomic mass is 10.2. The quantitative estimate of drug-likeness (QED) is 0.833. The highest BCUT2D eigenvalue weighted by Crippen LogP contribution is 2.32. The van der Waals surface area contributed by atoms with Crippen LogP contribution in [0.2, 0.25) is 0 Å². The van der Waals surface area contributed by atoms with Crippen LogP contribution in [0.3, 0.4) is 0 Å². The molecule has 2 N–H and O–H groups in total. The number of hydrogen-bond donors (Lipinski definition) is 1. The molecule has 0 unspecified atom stereocenters. The maximum Gasteiger partial charge on any atom is 0.163 e. The maximum absolute atomic E-state index is 5.96. The van der Waals surface area contributed by atoms with Crippen LogP contribution in [0.15, 0.2) is 18.3 Å². The van der Waals surface area contributed by atoms with Crippen LogP contribution in [0.25, 0.3) is 11.4 Å². The summed E-state index contributed by atoms with van der Waals surface area (Å²) >= 11 is 1.83. The van der Waals surface area contributed by atoms with Crippen molar-refractivity contribution in [3.63, 3.8) is 0 Å². The van der Waals surface area contributed by atoms with Gasteiger partial charge in [-0.1, -0.05) is 0 Å². The van der Waals surface area contributed by atoms with Crippen molar-refractivity contribution in [2.24, 2.45) is 0 Å². The highest BCUT2D eigenvalue weighted by molar-refractivity contribution is 7.98. The van der Waals surface area contributed by atoms with Crippen LogP contribution in [-0.4, -0.2) is 15.0 Å². The van der Waals surface area contributed by atoms with Crippen LogP contribution >= 0.6 is 11.8 Å². The van der Waals surface area contributed by atoms with Gasteiger partial charge in [0, 0.05) is 34.5 Å². The maximum atomic E-state index is 5.96. The lowest BCUT2D eigenvalue weighted by Crippen LogP contribution is -2.03. The van der Waals surface area contributed by atoms with Gasteiger partial charge in [0.05, 0.1) is 5.69 Å². The Labute approximate surface area is 104 Å². The average molecular weight is 244 g/mol. The van der Waals surface area contributed by atoms with E-state index in [-0.39, 0.29) is 0 Å². The molecule has 0 bridgehead atoms. The molecular weight excluding hydrogens is 232 g/mol. The molecule has 0 atom stereocenters. The molecule has 86 valence electrons. The highest BCUT2D eigenvalue weighted by atomic mass is 32.2. The van der Waals surface area contributed by atoms with E-state index < -0.39 is 0 Å². The Morgan fingerprint density at radius 1 is 1.24 bits per heavy atom. The number of hydrogen-bond acceptors (Lipinski definition) is 5. The van der Waals surface area contributed by atoms with Gasteiger partial charge in [-0.2, -0.15) is 11.8 Å². The number of fused-ring (bicyclic) bond motifs is 1. The van der Waals surface area contributed by atoms with Gasteiger partial charge >= 0.3 is 0 Å². The molecular formula is C12H12N4S. The molecule has 17 heavy (non-hydrogen) atoms. The van der Waals surface area contributed by atoms with Crippen molar-refractivity contribution in [3.05, 3.63) is 35.3 Å². The first kappa shape index (κ1) is 10.5. The summed E-state index contributed by atoms with van der Waals surface area (Å²) in [6.07, 6.45) is 1.79. The Hall–Kier alpha value is -1.62.